The van der Waals surface area contributed by atoms with Gasteiger partial charge in [-0.1, -0.05) is 25.5 Å². The number of ether oxygens (including phenoxy) is 2. The van der Waals surface area contributed by atoms with Gasteiger partial charge in [-0.2, -0.15) is 4.98 Å². The molecule has 5 heteroatoms. The highest BCUT2D eigenvalue weighted by atomic mass is 16.5. The van der Waals surface area contributed by atoms with Crippen LogP contribution in [0.15, 0.2) is 36.4 Å². The van der Waals surface area contributed by atoms with Crippen LogP contribution in [0.2, 0.25) is 0 Å². The van der Waals surface area contributed by atoms with Crippen molar-refractivity contribution < 1.29 is 9.47 Å². The Morgan fingerprint density at radius 1 is 1.04 bits per heavy atom. The molecule has 0 aliphatic carbocycles. The van der Waals surface area contributed by atoms with Gasteiger partial charge in [-0.25, -0.2) is 0 Å². The second kappa shape index (κ2) is 7.52. The average Bonchev–Trinajstić information content (AvgIpc) is 2.66. The monoisotopic (exact) mass is 349 g/mol. The van der Waals surface area contributed by atoms with Crippen LogP contribution in [0, 0.1) is 12.3 Å². The van der Waals surface area contributed by atoms with Gasteiger partial charge in [0.25, 0.3) is 0 Å². The highest BCUT2D eigenvalue weighted by Gasteiger charge is 2.13. The molecule has 0 aliphatic heterocycles. The Labute approximate surface area is 153 Å². The summed E-state index contributed by atoms with van der Waals surface area (Å²) in [5.41, 5.74) is 5.24. The van der Waals surface area contributed by atoms with E-state index < -0.39 is 0 Å². The van der Waals surface area contributed by atoms with Crippen molar-refractivity contribution in [1.29, 1.82) is 5.41 Å². The SMILES string of the molecule is CCCC(=N)c1cc(C)nc2cc(-c3ccc(OC)nc3OC)ccc12. The van der Waals surface area contributed by atoms with Gasteiger partial charge >= 0.3 is 0 Å². The van der Waals surface area contributed by atoms with Gasteiger partial charge in [0.15, 0.2) is 0 Å². The Balaban J connectivity index is 2.15. The number of nitrogens with zero attached hydrogens (tertiary/aromatic N) is 2. The molecule has 0 fully saturated rings. The Morgan fingerprint density at radius 3 is 2.54 bits per heavy atom. The molecule has 0 saturated carbocycles. The first-order valence-corrected chi connectivity index (χ1v) is 8.66. The maximum absolute atomic E-state index is 8.36. The first-order valence-electron chi connectivity index (χ1n) is 8.66. The lowest BCUT2D eigenvalue weighted by atomic mass is 9.98. The van der Waals surface area contributed by atoms with Crippen LogP contribution in [0.1, 0.15) is 31.0 Å². The van der Waals surface area contributed by atoms with Gasteiger partial charge in [-0.05, 0) is 37.1 Å². The van der Waals surface area contributed by atoms with Crippen molar-refractivity contribution in [2.24, 2.45) is 0 Å². The molecule has 1 N–H and O–H groups in total. The second-order valence-electron chi connectivity index (χ2n) is 6.18. The summed E-state index contributed by atoms with van der Waals surface area (Å²) in [7, 11) is 3.18. The molecule has 2 heterocycles. The van der Waals surface area contributed by atoms with Crippen molar-refractivity contribution in [3.05, 3.63) is 47.7 Å². The zero-order chi connectivity index (χ0) is 18.7. The van der Waals surface area contributed by atoms with Gasteiger partial charge in [0.05, 0.1) is 19.7 Å². The van der Waals surface area contributed by atoms with Crippen LogP contribution in [0.4, 0.5) is 0 Å². The largest absolute Gasteiger partial charge is 0.481 e. The van der Waals surface area contributed by atoms with E-state index in [1.807, 2.05) is 43.3 Å². The highest BCUT2D eigenvalue weighted by molar-refractivity contribution is 6.09. The molecule has 0 amide bonds. The number of aromatic nitrogens is 2. The summed E-state index contributed by atoms with van der Waals surface area (Å²) in [5, 5.41) is 9.36. The number of rotatable bonds is 6. The van der Waals surface area contributed by atoms with E-state index in [-0.39, 0.29) is 0 Å². The Bertz CT molecular complexity index is 967. The van der Waals surface area contributed by atoms with Crippen molar-refractivity contribution in [2.45, 2.75) is 26.7 Å². The summed E-state index contributed by atoms with van der Waals surface area (Å²) >= 11 is 0. The molecule has 2 aromatic heterocycles. The van der Waals surface area contributed by atoms with E-state index in [0.29, 0.717) is 17.5 Å². The summed E-state index contributed by atoms with van der Waals surface area (Å²) in [6.07, 6.45) is 1.71. The van der Waals surface area contributed by atoms with E-state index in [1.165, 1.54) is 0 Å². The molecular formula is C21H23N3O2. The molecule has 0 atom stereocenters. The first-order chi connectivity index (χ1) is 12.6. The number of benzene rings is 1. The van der Waals surface area contributed by atoms with Gasteiger partial charge in [0.2, 0.25) is 11.8 Å². The molecule has 0 spiro atoms. The molecule has 3 aromatic rings. The van der Waals surface area contributed by atoms with Gasteiger partial charge in [0.1, 0.15) is 0 Å². The number of pyridine rings is 2. The number of hydrogen-bond donors (Lipinski definition) is 1. The van der Waals surface area contributed by atoms with Crippen LogP contribution in [0.3, 0.4) is 0 Å². The Hall–Kier alpha value is -2.95. The summed E-state index contributed by atoms with van der Waals surface area (Å²) in [6, 6.07) is 11.8. The summed E-state index contributed by atoms with van der Waals surface area (Å²) < 4.78 is 10.6. The van der Waals surface area contributed by atoms with Gasteiger partial charge < -0.3 is 14.9 Å². The molecule has 0 aliphatic rings. The maximum Gasteiger partial charge on any atom is 0.224 e. The van der Waals surface area contributed by atoms with E-state index in [1.54, 1.807) is 14.2 Å². The maximum atomic E-state index is 8.36. The summed E-state index contributed by atoms with van der Waals surface area (Å²) in [4.78, 5) is 9.03. The van der Waals surface area contributed by atoms with Crippen LogP contribution in [-0.2, 0) is 0 Å². The van der Waals surface area contributed by atoms with Crippen LogP contribution >= 0.6 is 0 Å². The average molecular weight is 349 g/mol. The summed E-state index contributed by atoms with van der Waals surface area (Å²) in [6.45, 7) is 4.05. The normalized spacial score (nSPS) is 10.8. The number of hydrogen-bond acceptors (Lipinski definition) is 5. The fraction of sp³-hybridized carbons (Fsp3) is 0.286. The zero-order valence-electron chi connectivity index (χ0n) is 15.6. The van der Waals surface area contributed by atoms with Crippen LogP contribution in [-0.4, -0.2) is 29.9 Å². The Kier molecular flexibility index (Phi) is 5.16. The molecule has 0 radical (unpaired) electrons. The minimum atomic E-state index is 0.510. The van der Waals surface area contributed by atoms with Crippen molar-refractivity contribution in [1.82, 2.24) is 9.97 Å². The van der Waals surface area contributed by atoms with Crippen LogP contribution < -0.4 is 9.47 Å². The number of methoxy groups -OCH3 is 2. The predicted octanol–water partition coefficient (Wildman–Crippen LogP) is 4.79. The van der Waals surface area contributed by atoms with Crippen LogP contribution in [0.25, 0.3) is 22.0 Å². The lowest BCUT2D eigenvalue weighted by molar-refractivity contribution is 0.366. The first kappa shape index (κ1) is 17.9. The quantitative estimate of drug-likeness (QED) is 0.650. The van der Waals surface area contributed by atoms with E-state index in [4.69, 9.17) is 14.9 Å². The molecule has 26 heavy (non-hydrogen) atoms. The molecular weight excluding hydrogens is 326 g/mol. The van der Waals surface area contributed by atoms with Crippen molar-refractivity contribution in [3.63, 3.8) is 0 Å². The lowest BCUT2D eigenvalue weighted by Gasteiger charge is -2.12. The van der Waals surface area contributed by atoms with E-state index in [2.05, 4.69) is 16.9 Å². The topological polar surface area (TPSA) is 68.1 Å². The van der Waals surface area contributed by atoms with E-state index in [0.717, 1.165) is 46.1 Å². The molecule has 5 nitrogen and oxygen atoms in total. The van der Waals surface area contributed by atoms with Crippen LogP contribution in [0.5, 0.6) is 11.8 Å². The third kappa shape index (κ3) is 3.38. The third-order valence-electron chi connectivity index (χ3n) is 4.31. The summed E-state index contributed by atoms with van der Waals surface area (Å²) in [5.74, 6) is 1.02. The molecule has 3 rings (SSSR count). The third-order valence-corrected chi connectivity index (χ3v) is 4.31. The standard InChI is InChI=1S/C21H23N3O2/c1-5-6-18(22)17-11-13(2)23-19-12-14(7-8-16(17)19)15-9-10-20(25-3)24-21(15)26-4/h7-12,22H,5-6H2,1-4H3. The zero-order valence-corrected chi connectivity index (χ0v) is 15.6. The molecule has 0 saturated heterocycles. The van der Waals surface area contributed by atoms with E-state index >= 15 is 0 Å². The second-order valence-corrected chi connectivity index (χ2v) is 6.18. The van der Waals surface area contributed by atoms with Gasteiger partial charge in [-0.15, -0.1) is 0 Å². The minimum Gasteiger partial charge on any atom is -0.481 e. The number of nitrogens with one attached hydrogen (secondary N) is 1. The Morgan fingerprint density at radius 2 is 1.85 bits per heavy atom. The molecule has 0 bridgehead atoms. The van der Waals surface area contributed by atoms with Gasteiger partial charge in [-0.3, -0.25) is 4.98 Å². The van der Waals surface area contributed by atoms with E-state index in [9.17, 15) is 0 Å². The van der Waals surface area contributed by atoms with Crippen molar-refractivity contribution in [3.8, 4) is 22.9 Å². The fourth-order valence-corrected chi connectivity index (χ4v) is 3.08. The number of fused-ring (bicyclic) bond motifs is 1. The van der Waals surface area contributed by atoms with Crippen molar-refractivity contribution in [2.75, 3.05) is 14.2 Å². The van der Waals surface area contributed by atoms with Crippen molar-refractivity contribution >= 4 is 16.6 Å². The minimum absolute atomic E-state index is 0.510. The molecule has 134 valence electrons. The highest BCUT2D eigenvalue weighted by Crippen LogP contribution is 2.33. The number of aryl methyl sites for hydroxylation is 1. The predicted molar refractivity (Wildman–Crippen MR) is 105 cm³/mol. The molecule has 0 unspecified atom stereocenters. The molecule has 1 aromatic carbocycles. The lowest BCUT2D eigenvalue weighted by Crippen LogP contribution is -2.02. The smallest absolute Gasteiger partial charge is 0.224 e. The van der Waals surface area contributed by atoms with Gasteiger partial charge in [0, 0.05) is 34.0 Å². The fourth-order valence-electron chi connectivity index (χ4n) is 3.08.